The standard InChI is InChI=1S/C18H37NO.C7H18N/c1-2-3-4-5-6-7-8-9-10-11-12-13-14-15-16-17-18(19)20;1-5-8(4,6-2)7-3/h2-17H2,1H3,(H2,19,20);5-7H2,1-4H3/q;+1. The molecular weight excluding hydrogens is 344 g/mol. The lowest BCUT2D eigenvalue weighted by molar-refractivity contribution is -0.904. The highest BCUT2D eigenvalue weighted by molar-refractivity contribution is 5.73. The molecule has 0 unspecified atom stereocenters. The molecule has 3 nitrogen and oxygen atoms in total. The predicted octanol–water partition coefficient (Wildman–Crippen LogP) is 7.23. The van der Waals surface area contributed by atoms with Crippen molar-refractivity contribution in [3.8, 4) is 0 Å². The van der Waals surface area contributed by atoms with Crippen LogP contribution in [0.15, 0.2) is 0 Å². The number of quaternary nitrogens is 1. The van der Waals surface area contributed by atoms with Crippen molar-refractivity contribution in [2.75, 3.05) is 26.7 Å². The number of hydrogen-bond acceptors (Lipinski definition) is 1. The van der Waals surface area contributed by atoms with Crippen LogP contribution in [0.2, 0.25) is 0 Å². The Morgan fingerprint density at radius 3 is 1.07 bits per heavy atom. The van der Waals surface area contributed by atoms with E-state index in [2.05, 4.69) is 34.7 Å². The molecule has 1 amide bonds. The summed E-state index contributed by atoms with van der Waals surface area (Å²) in [6.07, 6.45) is 20.9. The van der Waals surface area contributed by atoms with Gasteiger partial charge in [0, 0.05) is 6.42 Å². The Hall–Kier alpha value is -0.570. The van der Waals surface area contributed by atoms with E-state index < -0.39 is 0 Å². The summed E-state index contributed by atoms with van der Waals surface area (Å²) in [5.74, 6) is -0.153. The second kappa shape index (κ2) is 22.7. The van der Waals surface area contributed by atoms with Gasteiger partial charge in [-0.05, 0) is 27.2 Å². The average molecular weight is 400 g/mol. The monoisotopic (exact) mass is 399 g/mol. The quantitative estimate of drug-likeness (QED) is 0.181. The van der Waals surface area contributed by atoms with Gasteiger partial charge in [-0.3, -0.25) is 4.79 Å². The van der Waals surface area contributed by atoms with Gasteiger partial charge in [0.25, 0.3) is 0 Å². The predicted molar refractivity (Wildman–Crippen MR) is 127 cm³/mol. The number of rotatable bonds is 19. The molecule has 0 saturated heterocycles. The van der Waals surface area contributed by atoms with Crippen molar-refractivity contribution in [3.05, 3.63) is 0 Å². The van der Waals surface area contributed by atoms with Gasteiger partial charge in [0.1, 0.15) is 0 Å². The van der Waals surface area contributed by atoms with E-state index in [0.29, 0.717) is 6.42 Å². The first-order chi connectivity index (χ1) is 13.5. The molecule has 0 aliphatic carbocycles. The summed E-state index contributed by atoms with van der Waals surface area (Å²) >= 11 is 0. The van der Waals surface area contributed by atoms with Gasteiger partial charge in [-0.15, -0.1) is 0 Å². The van der Waals surface area contributed by atoms with Crippen LogP contribution in [-0.2, 0) is 4.79 Å². The second-order valence-corrected chi connectivity index (χ2v) is 8.73. The maximum atomic E-state index is 10.6. The van der Waals surface area contributed by atoms with Crippen molar-refractivity contribution in [1.29, 1.82) is 0 Å². The maximum Gasteiger partial charge on any atom is 0.217 e. The van der Waals surface area contributed by atoms with Crippen LogP contribution in [0.25, 0.3) is 0 Å². The normalized spacial score (nSPS) is 11.2. The number of amides is 1. The van der Waals surface area contributed by atoms with Crippen molar-refractivity contribution in [1.82, 2.24) is 0 Å². The SMILES string of the molecule is CCCCCCCCCCCCCCCCCC(N)=O.CC[N+](C)(CC)CC. The second-order valence-electron chi connectivity index (χ2n) is 8.73. The summed E-state index contributed by atoms with van der Waals surface area (Å²) in [6, 6.07) is 0. The van der Waals surface area contributed by atoms with E-state index >= 15 is 0 Å². The molecule has 0 rings (SSSR count). The van der Waals surface area contributed by atoms with E-state index in [1.54, 1.807) is 0 Å². The minimum atomic E-state index is -0.153. The van der Waals surface area contributed by atoms with E-state index in [0.717, 1.165) is 6.42 Å². The first kappa shape index (κ1) is 29.6. The van der Waals surface area contributed by atoms with Crippen molar-refractivity contribution >= 4 is 5.91 Å². The summed E-state index contributed by atoms with van der Waals surface area (Å²) in [4.78, 5) is 10.6. The van der Waals surface area contributed by atoms with E-state index in [4.69, 9.17) is 5.73 Å². The molecule has 2 N–H and O–H groups in total. The summed E-state index contributed by atoms with van der Waals surface area (Å²) in [5.41, 5.74) is 5.11. The van der Waals surface area contributed by atoms with Crippen LogP contribution in [0.4, 0.5) is 0 Å². The highest BCUT2D eigenvalue weighted by Gasteiger charge is 2.10. The summed E-state index contributed by atoms with van der Waals surface area (Å²) in [6.45, 7) is 12.8. The van der Waals surface area contributed by atoms with Crippen LogP contribution < -0.4 is 5.73 Å². The fourth-order valence-electron chi connectivity index (χ4n) is 3.34. The minimum absolute atomic E-state index is 0.153. The van der Waals surface area contributed by atoms with Gasteiger partial charge in [0.2, 0.25) is 5.91 Å². The molecule has 0 bridgehead atoms. The number of unbranched alkanes of at least 4 members (excludes halogenated alkanes) is 14. The molecule has 0 fully saturated rings. The van der Waals surface area contributed by atoms with Gasteiger partial charge in [-0.2, -0.15) is 0 Å². The summed E-state index contributed by atoms with van der Waals surface area (Å²) < 4.78 is 1.21. The lowest BCUT2D eigenvalue weighted by Crippen LogP contribution is -2.42. The van der Waals surface area contributed by atoms with Gasteiger partial charge in [0.05, 0.1) is 26.7 Å². The smallest absolute Gasteiger partial charge is 0.217 e. The zero-order valence-electron chi connectivity index (χ0n) is 20.4. The number of nitrogens with zero attached hydrogens (tertiary/aromatic N) is 1. The van der Waals surface area contributed by atoms with E-state index in [9.17, 15) is 4.79 Å². The van der Waals surface area contributed by atoms with Gasteiger partial charge in [0.15, 0.2) is 0 Å². The Bertz CT molecular complexity index is 305. The van der Waals surface area contributed by atoms with Crippen LogP contribution in [0.3, 0.4) is 0 Å². The van der Waals surface area contributed by atoms with Crippen LogP contribution in [0.5, 0.6) is 0 Å². The molecule has 0 radical (unpaired) electrons. The fraction of sp³-hybridized carbons (Fsp3) is 0.960. The Labute approximate surface area is 178 Å². The average Bonchev–Trinajstić information content (AvgIpc) is 2.70. The topological polar surface area (TPSA) is 43.1 Å². The molecule has 0 aromatic carbocycles. The van der Waals surface area contributed by atoms with Gasteiger partial charge in [-0.25, -0.2) is 0 Å². The maximum absolute atomic E-state index is 10.6. The minimum Gasteiger partial charge on any atom is -0.370 e. The van der Waals surface area contributed by atoms with E-state index in [1.165, 1.54) is 114 Å². The molecule has 0 aromatic heterocycles. The molecule has 170 valence electrons. The third-order valence-corrected chi connectivity index (χ3v) is 6.32. The molecule has 0 spiro atoms. The highest BCUT2D eigenvalue weighted by atomic mass is 16.1. The number of carbonyl (C=O) groups excluding carboxylic acids is 1. The Balaban J connectivity index is 0. The molecular formula is C25H55N2O+. The van der Waals surface area contributed by atoms with Crippen LogP contribution >= 0.6 is 0 Å². The summed E-state index contributed by atoms with van der Waals surface area (Å²) in [5, 5.41) is 0. The number of nitrogens with two attached hydrogens (primary N) is 1. The summed E-state index contributed by atoms with van der Waals surface area (Å²) in [7, 11) is 2.29. The fourth-order valence-corrected chi connectivity index (χ4v) is 3.34. The number of carbonyl (C=O) groups is 1. The van der Waals surface area contributed by atoms with Crippen LogP contribution in [-0.4, -0.2) is 37.1 Å². The van der Waals surface area contributed by atoms with Crippen molar-refractivity contribution in [3.63, 3.8) is 0 Å². The number of primary amides is 1. The van der Waals surface area contributed by atoms with Gasteiger partial charge < -0.3 is 10.2 Å². The number of hydrogen-bond donors (Lipinski definition) is 1. The van der Waals surface area contributed by atoms with E-state index in [1.807, 2.05) is 0 Å². The molecule has 0 aliphatic rings. The van der Waals surface area contributed by atoms with Crippen molar-refractivity contribution < 1.29 is 9.28 Å². The molecule has 0 heterocycles. The zero-order valence-corrected chi connectivity index (χ0v) is 20.4. The first-order valence-corrected chi connectivity index (χ1v) is 12.6. The molecule has 0 aliphatic heterocycles. The third kappa shape index (κ3) is 23.5. The van der Waals surface area contributed by atoms with Crippen molar-refractivity contribution in [2.24, 2.45) is 5.73 Å². The molecule has 0 atom stereocenters. The van der Waals surface area contributed by atoms with Crippen LogP contribution in [0, 0.1) is 0 Å². The molecule has 0 aromatic rings. The van der Waals surface area contributed by atoms with Crippen molar-refractivity contribution in [2.45, 2.75) is 130 Å². The lowest BCUT2D eigenvalue weighted by atomic mass is 10.0. The van der Waals surface area contributed by atoms with Gasteiger partial charge in [-0.1, -0.05) is 96.8 Å². The largest absolute Gasteiger partial charge is 0.370 e. The first-order valence-electron chi connectivity index (χ1n) is 12.6. The highest BCUT2D eigenvalue weighted by Crippen LogP contribution is 2.13. The molecule has 0 saturated carbocycles. The Morgan fingerprint density at radius 2 is 0.857 bits per heavy atom. The third-order valence-electron chi connectivity index (χ3n) is 6.32. The van der Waals surface area contributed by atoms with Crippen LogP contribution in [0.1, 0.15) is 130 Å². The molecule has 3 heteroatoms. The Morgan fingerprint density at radius 1 is 0.571 bits per heavy atom. The van der Waals surface area contributed by atoms with Gasteiger partial charge >= 0.3 is 0 Å². The Kier molecular flexibility index (Phi) is 24.0. The van der Waals surface area contributed by atoms with E-state index in [-0.39, 0.29) is 5.91 Å². The zero-order chi connectivity index (χ0) is 21.5. The lowest BCUT2D eigenvalue weighted by Gasteiger charge is -2.30. The molecule has 28 heavy (non-hydrogen) atoms.